The number of nitrogens with zero attached hydrogens (tertiary/aromatic N) is 4. The van der Waals surface area contributed by atoms with Gasteiger partial charge in [-0.1, -0.05) is 30.3 Å². The zero-order valence-electron chi connectivity index (χ0n) is 15.9. The van der Waals surface area contributed by atoms with Gasteiger partial charge in [0.1, 0.15) is 6.33 Å². The second-order valence-corrected chi connectivity index (χ2v) is 6.72. The summed E-state index contributed by atoms with van der Waals surface area (Å²) in [4.78, 5) is 22.8. The topological polar surface area (TPSA) is 121 Å². The first-order chi connectivity index (χ1) is 13.5. The Morgan fingerprint density at radius 1 is 1.36 bits per heavy atom. The summed E-state index contributed by atoms with van der Waals surface area (Å²) in [5.74, 6) is 0.207. The number of carbonyl (C=O) groups is 2. The monoisotopic (exact) mass is 389 g/mol. The normalized spacial score (nSPS) is 19.4. The largest absolute Gasteiger partial charge is 0.483 e. The lowest BCUT2D eigenvalue weighted by molar-refractivity contribution is -0.131. The Morgan fingerprint density at radius 3 is 2.79 bits per heavy atom. The van der Waals surface area contributed by atoms with E-state index in [1.54, 1.807) is 6.33 Å². The second kappa shape index (κ2) is 11.2. The lowest BCUT2D eigenvalue weighted by Gasteiger charge is -2.32. The molecule has 9 nitrogen and oxygen atoms in total. The van der Waals surface area contributed by atoms with E-state index in [1.807, 2.05) is 29.8 Å². The summed E-state index contributed by atoms with van der Waals surface area (Å²) in [6.45, 7) is 2.23. The van der Waals surface area contributed by atoms with Gasteiger partial charge < -0.3 is 25.0 Å². The fourth-order valence-electron chi connectivity index (χ4n) is 3.15. The van der Waals surface area contributed by atoms with Crippen LogP contribution in [0, 0.1) is 5.92 Å². The van der Waals surface area contributed by atoms with E-state index >= 15 is 0 Å². The third-order valence-corrected chi connectivity index (χ3v) is 4.72. The molecule has 1 saturated heterocycles. The van der Waals surface area contributed by atoms with Crippen LogP contribution in [0.5, 0.6) is 0 Å². The van der Waals surface area contributed by atoms with E-state index < -0.39 is 6.10 Å². The van der Waals surface area contributed by atoms with Crippen molar-refractivity contribution < 1.29 is 19.8 Å². The molecule has 0 spiro atoms. The Balaban J connectivity index is 0.000000878. The molecule has 1 aromatic carbocycles. The number of hydrogen-bond acceptors (Lipinski definition) is 6. The molecule has 1 aliphatic heterocycles. The van der Waals surface area contributed by atoms with Gasteiger partial charge in [-0.3, -0.25) is 9.59 Å². The Morgan fingerprint density at radius 2 is 2.07 bits per heavy atom. The van der Waals surface area contributed by atoms with Crippen molar-refractivity contribution >= 4 is 12.4 Å². The zero-order chi connectivity index (χ0) is 20.4. The molecule has 1 aliphatic rings. The van der Waals surface area contributed by atoms with E-state index in [9.17, 15) is 9.90 Å². The van der Waals surface area contributed by atoms with Crippen molar-refractivity contribution in [3.63, 3.8) is 0 Å². The number of aromatic nitrogens is 3. The SMILES string of the molecule is CN1CC[C@H](O)[C@H](C(=O)NCc2nncn2CCc2ccccc2)C1.O=CO. The number of likely N-dealkylation sites (tertiary alicyclic amines) is 1. The first kappa shape index (κ1) is 21.5. The average molecular weight is 389 g/mol. The fraction of sp³-hybridized carbons (Fsp3) is 0.474. The van der Waals surface area contributed by atoms with Crippen LogP contribution >= 0.6 is 0 Å². The van der Waals surface area contributed by atoms with Crippen LogP contribution in [0.3, 0.4) is 0 Å². The highest BCUT2D eigenvalue weighted by atomic mass is 16.3. The number of carboxylic acid groups (broad SMARTS) is 1. The van der Waals surface area contributed by atoms with Gasteiger partial charge in [-0.2, -0.15) is 0 Å². The number of aryl methyl sites for hydroxylation is 2. The molecule has 2 atom stereocenters. The fourth-order valence-corrected chi connectivity index (χ4v) is 3.15. The molecule has 9 heteroatoms. The summed E-state index contributed by atoms with van der Waals surface area (Å²) in [6.07, 6.45) is 2.62. The summed E-state index contributed by atoms with van der Waals surface area (Å²) in [5, 5.41) is 27.9. The van der Waals surface area contributed by atoms with Gasteiger partial charge in [-0.15, -0.1) is 10.2 Å². The smallest absolute Gasteiger partial charge is 0.290 e. The third kappa shape index (κ3) is 6.43. The van der Waals surface area contributed by atoms with Gasteiger partial charge in [-0.25, -0.2) is 0 Å². The Hall–Kier alpha value is -2.78. The van der Waals surface area contributed by atoms with Crippen LogP contribution in [0.2, 0.25) is 0 Å². The minimum Gasteiger partial charge on any atom is -0.483 e. The van der Waals surface area contributed by atoms with Crippen LogP contribution in [-0.2, 0) is 29.1 Å². The summed E-state index contributed by atoms with van der Waals surface area (Å²) >= 11 is 0. The molecule has 0 bridgehead atoms. The van der Waals surface area contributed by atoms with Crippen LogP contribution in [0.4, 0.5) is 0 Å². The second-order valence-electron chi connectivity index (χ2n) is 6.72. The standard InChI is InChI=1S/C18H25N5O2.CH2O2/c1-22-9-8-16(24)15(12-22)18(25)19-11-17-21-20-13-23(17)10-7-14-5-3-2-4-6-14;2-1-3/h2-6,13,15-16,24H,7-12H2,1H3,(H,19,25);1H,(H,2,3)/t15-,16+;/m1./s1. The molecule has 0 unspecified atom stereocenters. The first-order valence-electron chi connectivity index (χ1n) is 9.18. The number of nitrogens with one attached hydrogen (secondary N) is 1. The van der Waals surface area contributed by atoms with Gasteiger partial charge in [0.25, 0.3) is 6.47 Å². The van der Waals surface area contributed by atoms with Crippen molar-refractivity contribution in [3.05, 3.63) is 48.0 Å². The summed E-state index contributed by atoms with van der Waals surface area (Å²) in [5.41, 5.74) is 1.25. The quantitative estimate of drug-likeness (QED) is 0.602. The molecule has 28 heavy (non-hydrogen) atoms. The molecule has 0 saturated carbocycles. The highest BCUT2D eigenvalue weighted by Crippen LogP contribution is 2.16. The van der Waals surface area contributed by atoms with E-state index in [2.05, 4.69) is 32.5 Å². The van der Waals surface area contributed by atoms with Gasteiger partial charge in [0.05, 0.1) is 18.6 Å². The Labute approximate surface area is 164 Å². The van der Waals surface area contributed by atoms with Crippen molar-refractivity contribution in [1.82, 2.24) is 25.0 Å². The maximum Gasteiger partial charge on any atom is 0.290 e. The number of piperidine rings is 1. The van der Waals surface area contributed by atoms with E-state index in [-0.39, 0.29) is 18.3 Å². The number of rotatable bonds is 6. The van der Waals surface area contributed by atoms with Crippen LogP contribution in [0.1, 0.15) is 17.8 Å². The lowest BCUT2D eigenvalue weighted by atomic mass is 9.94. The molecule has 0 aliphatic carbocycles. The lowest BCUT2D eigenvalue weighted by Crippen LogP contribution is -2.48. The molecule has 0 radical (unpaired) electrons. The minimum absolute atomic E-state index is 0.128. The predicted octanol–water partition coefficient (Wildman–Crippen LogP) is 0.150. The van der Waals surface area contributed by atoms with Crippen LogP contribution < -0.4 is 5.32 Å². The van der Waals surface area contributed by atoms with Crippen LogP contribution in [-0.4, -0.2) is 68.5 Å². The van der Waals surface area contributed by atoms with Gasteiger partial charge >= 0.3 is 0 Å². The number of hydrogen-bond donors (Lipinski definition) is 3. The van der Waals surface area contributed by atoms with Gasteiger partial charge in [-0.05, 0) is 25.5 Å². The maximum absolute atomic E-state index is 12.4. The number of carbonyl (C=O) groups excluding carboxylic acids is 1. The van der Waals surface area contributed by atoms with Crippen molar-refractivity contribution in [2.75, 3.05) is 20.1 Å². The molecule has 3 N–H and O–H groups in total. The number of benzene rings is 1. The number of aliphatic hydroxyl groups excluding tert-OH is 1. The molecule has 1 amide bonds. The summed E-state index contributed by atoms with van der Waals surface area (Å²) < 4.78 is 1.96. The van der Waals surface area contributed by atoms with Gasteiger partial charge in [0, 0.05) is 19.6 Å². The van der Waals surface area contributed by atoms with Crippen molar-refractivity contribution in [2.24, 2.45) is 5.92 Å². The van der Waals surface area contributed by atoms with Crippen LogP contribution in [0.15, 0.2) is 36.7 Å². The molecule has 1 aromatic heterocycles. The molecule has 2 aromatic rings. The molecular weight excluding hydrogens is 362 g/mol. The van der Waals surface area contributed by atoms with Crippen LogP contribution in [0.25, 0.3) is 0 Å². The van der Waals surface area contributed by atoms with Crippen molar-refractivity contribution in [3.8, 4) is 0 Å². The van der Waals surface area contributed by atoms with E-state index in [4.69, 9.17) is 9.90 Å². The van der Waals surface area contributed by atoms with Gasteiger partial charge in [0.15, 0.2) is 5.82 Å². The molecule has 152 valence electrons. The maximum atomic E-state index is 12.4. The summed E-state index contributed by atoms with van der Waals surface area (Å²) in [6, 6.07) is 10.2. The first-order valence-corrected chi connectivity index (χ1v) is 9.18. The predicted molar refractivity (Wildman–Crippen MR) is 102 cm³/mol. The third-order valence-electron chi connectivity index (χ3n) is 4.72. The number of aliphatic hydroxyl groups is 1. The molecule has 1 fully saturated rings. The van der Waals surface area contributed by atoms with Crippen molar-refractivity contribution in [1.29, 1.82) is 0 Å². The molecule has 3 rings (SSSR count). The van der Waals surface area contributed by atoms with Gasteiger partial charge in [0.2, 0.25) is 5.91 Å². The minimum atomic E-state index is -0.577. The Bertz CT molecular complexity index is 737. The highest BCUT2D eigenvalue weighted by Gasteiger charge is 2.31. The Kier molecular flexibility index (Phi) is 8.57. The van der Waals surface area contributed by atoms with E-state index in [0.717, 1.165) is 25.3 Å². The average Bonchev–Trinajstić information content (AvgIpc) is 3.15. The number of amides is 1. The highest BCUT2D eigenvalue weighted by molar-refractivity contribution is 5.79. The molecular formula is C19H27N5O4. The zero-order valence-corrected chi connectivity index (χ0v) is 15.9. The molecule has 2 heterocycles. The van der Waals surface area contributed by atoms with E-state index in [1.165, 1.54) is 5.56 Å². The van der Waals surface area contributed by atoms with E-state index in [0.29, 0.717) is 19.5 Å². The summed E-state index contributed by atoms with van der Waals surface area (Å²) in [7, 11) is 1.96. The van der Waals surface area contributed by atoms with Crippen molar-refractivity contribution in [2.45, 2.75) is 32.0 Å².